The smallest absolute Gasteiger partial charge is 0.260 e. The van der Waals surface area contributed by atoms with E-state index < -0.39 is 0 Å². The van der Waals surface area contributed by atoms with Crippen LogP contribution in [0.15, 0.2) is 58.7 Å². The molecule has 6 nitrogen and oxygen atoms in total. The first-order chi connectivity index (χ1) is 14.6. The zero-order valence-electron chi connectivity index (χ0n) is 16.3. The van der Waals surface area contributed by atoms with E-state index in [9.17, 15) is 4.79 Å². The Hall–Kier alpha value is -3.23. The molecule has 0 fully saturated rings. The van der Waals surface area contributed by atoms with Crippen LogP contribution in [0.25, 0.3) is 20.4 Å². The first-order valence-corrected chi connectivity index (χ1v) is 11.0. The number of aromatic nitrogens is 2. The standard InChI is InChI=1S/C22H17N3O3S2/c1-13-5-8-17(27-2)19-20(13)30-22(24-19)25(11-15-4-3-9-28-15)21(26)14-6-7-16-18(10-14)29-12-23-16/h3-10,12H,11H2,1-2H3. The molecule has 0 spiro atoms. The Labute approximate surface area is 180 Å². The van der Waals surface area contributed by atoms with Crippen LogP contribution in [0.5, 0.6) is 5.75 Å². The largest absolute Gasteiger partial charge is 0.494 e. The fourth-order valence-electron chi connectivity index (χ4n) is 3.31. The Kier molecular flexibility index (Phi) is 4.72. The summed E-state index contributed by atoms with van der Waals surface area (Å²) in [6.45, 7) is 2.31. The number of carbonyl (C=O) groups is 1. The van der Waals surface area contributed by atoms with Crippen LogP contribution in [-0.2, 0) is 6.54 Å². The van der Waals surface area contributed by atoms with E-state index in [4.69, 9.17) is 14.1 Å². The molecule has 3 heterocycles. The highest BCUT2D eigenvalue weighted by atomic mass is 32.1. The molecule has 0 aliphatic carbocycles. The third kappa shape index (κ3) is 3.24. The number of methoxy groups -OCH3 is 1. The van der Waals surface area contributed by atoms with Gasteiger partial charge in [0, 0.05) is 5.56 Å². The maximum atomic E-state index is 13.6. The number of amides is 1. The van der Waals surface area contributed by atoms with Gasteiger partial charge in [0.15, 0.2) is 5.13 Å². The van der Waals surface area contributed by atoms with Crippen LogP contribution in [-0.4, -0.2) is 23.0 Å². The van der Waals surface area contributed by atoms with Crippen LogP contribution >= 0.6 is 22.7 Å². The summed E-state index contributed by atoms with van der Waals surface area (Å²) in [5.74, 6) is 1.23. The fraction of sp³-hybridized carbons (Fsp3) is 0.136. The minimum absolute atomic E-state index is 0.141. The van der Waals surface area contributed by atoms with Crippen molar-refractivity contribution in [1.82, 2.24) is 9.97 Å². The lowest BCUT2D eigenvalue weighted by Gasteiger charge is -2.18. The molecule has 3 aromatic heterocycles. The van der Waals surface area contributed by atoms with E-state index in [1.807, 2.05) is 43.3 Å². The van der Waals surface area contributed by atoms with Crippen molar-refractivity contribution in [2.45, 2.75) is 13.5 Å². The highest BCUT2D eigenvalue weighted by Crippen LogP contribution is 2.37. The fourth-order valence-corrected chi connectivity index (χ4v) is 5.07. The number of benzene rings is 2. The summed E-state index contributed by atoms with van der Waals surface area (Å²) in [6, 6.07) is 13.1. The van der Waals surface area contributed by atoms with Gasteiger partial charge in [-0.1, -0.05) is 17.4 Å². The first kappa shape index (κ1) is 18.8. The minimum atomic E-state index is -0.141. The van der Waals surface area contributed by atoms with E-state index in [0.29, 0.717) is 22.2 Å². The number of nitrogens with zero attached hydrogens (tertiary/aromatic N) is 3. The maximum Gasteiger partial charge on any atom is 0.260 e. The zero-order chi connectivity index (χ0) is 20.7. The maximum absolute atomic E-state index is 13.6. The highest BCUT2D eigenvalue weighted by molar-refractivity contribution is 7.22. The highest BCUT2D eigenvalue weighted by Gasteiger charge is 2.24. The monoisotopic (exact) mass is 435 g/mol. The van der Waals surface area contributed by atoms with Crippen molar-refractivity contribution in [3.8, 4) is 5.75 Å². The predicted octanol–water partition coefficient (Wildman–Crippen LogP) is 5.66. The Morgan fingerprint density at radius 1 is 1.23 bits per heavy atom. The number of carbonyl (C=O) groups excluding carboxylic acids is 1. The van der Waals surface area contributed by atoms with Gasteiger partial charge in [-0.2, -0.15) is 0 Å². The van der Waals surface area contributed by atoms with Gasteiger partial charge in [0.2, 0.25) is 0 Å². The van der Waals surface area contributed by atoms with Crippen LogP contribution in [0.1, 0.15) is 21.7 Å². The molecule has 0 radical (unpaired) electrons. The van der Waals surface area contributed by atoms with Crippen molar-refractivity contribution >= 4 is 54.1 Å². The third-order valence-corrected chi connectivity index (χ3v) is 6.87. The molecule has 0 saturated heterocycles. The van der Waals surface area contributed by atoms with Crippen molar-refractivity contribution < 1.29 is 13.9 Å². The topological polar surface area (TPSA) is 68.5 Å². The molecular formula is C22H17N3O3S2. The van der Waals surface area contributed by atoms with Gasteiger partial charge >= 0.3 is 0 Å². The number of fused-ring (bicyclic) bond motifs is 2. The van der Waals surface area contributed by atoms with Gasteiger partial charge in [0.1, 0.15) is 17.0 Å². The molecule has 5 rings (SSSR count). The summed E-state index contributed by atoms with van der Waals surface area (Å²) in [5.41, 5.74) is 5.09. The van der Waals surface area contributed by atoms with Crippen LogP contribution in [0.3, 0.4) is 0 Å². The number of hydrogen-bond acceptors (Lipinski definition) is 7. The Balaban J connectivity index is 1.62. The van der Waals surface area contributed by atoms with Gasteiger partial charge in [0.05, 0.1) is 40.3 Å². The minimum Gasteiger partial charge on any atom is -0.494 e. The molecule has 0 saturated carbocycles. The number of rotatable bonds is 5. The summed E-state index contributed by atoms with van der Waals surface area (Å²) < 4.78 is 13.0. The van der Waals surface area contributed by atoms with Crippen molar-refractivity contribution in [3.05, 3.63) is 71.1 Å². The number of furan rings is 1. The van der Waals surface area contributed by atoms with Crippen molar-refractivity contribution in [1.29, 1.82) is 0 Å². The molecule has 0 unspecified atom stereocenters. The van der Waals surface area contributed by atoms with Crippen molar-refractivity contribution in [2.24, 2.45) is 0 Å². The summed E-state index contributed by atoms with van der Waals surface area (Å²) in [6.07, 6.45) is 1.60. The summed E-state index contributed by atoms with van der Waals surface area (Å²) in [4.78, 5) is 24.3. The molecule has 1 amide bonds. The second-order valence-electron chi connectivity index (χ2n) is 6.76. The van der Waals surface area contributed by atoms with Gasteiger partial charge in [-0.3, -0.25) is 9.69 Å². The van der Waals surface area contributed by atoms with Crippen molar-refractivity contribution in [2.75, 3.05) is 12.0 Å². The lowest BCUT2D eigenvalue weighted by atomic mass is 10.2. The van der Waals surface area contributed by atoms with Crippen LogP contribution < -0.4 is 9.64 Å². The van der Waals surface area contributed by atoms with E-state index in [1.54, 1.807) is 29.8 Å². The van der Waals surface area contributed by atoms with Crippen LogP contribution in [0.2, 0.25) is 0 Å². The Bertz CT molecular complexity index is 1360. The molecule has 5 aromatic rings. The first-order valence-electron chi connectivity index (χ1n) is 9.25. The van der Waals surface area contributed by atoms with Crippen LogP contribution in [0, 0.1) is 6.92 Å². The molecule has 8 heteroatoms. The molecular weight excluding hydrogens is 418 g/mol. The van der Waals surface area contributed by atoms with Gasteiger partial charge < -0.3 is 9.15 Å². The van der Waals surface area contributed by atoms with Crippen LogP contribution in [0.4, 0.5) is 5.13 Å². The molecule has 0 atom stereocenters. The average molecular weight is 436 g/mol. The van der Waals surface area contributed by atoms with Gasteiger partial charge in [-0.25, -0.2) is 9.97 Å². The number of aryl methyl sites for hydroxylation is 1. The molecule has 150 valence electrons. The van der Waals surface area contributed by atoms with E-state index in [-0.39, 0.29) is 12.5 Å². The second-order valence-corrected chi connectivity index (χ2v) is 8.63. The molecule has 2 aromatic carbocycles. The van der Waals surface area contributed by atoms with E-state index in [1.165, 1.54) is 22.7 Å². The summed E-state index contributed by atoms with van der Waals surface area (Å²) in [7, 11) is 1.62. The Morgan fingerprint density at radius 2 is 2.13 bits per heavy atom. The zero-order valence-corrected chi connectivity index (χ0v) is 17.9. The SMILES string of the molecule is COc1ccc(C)c2sc(N(Cc3ccco3)C(=O)c3ccc4ncsc4c3)nc12. The van der Waals surface area contributed by atoms with E-state index in [2.05, 4.69) is 4.98 Å². The third-order valence-electron chi connectivity index (χ3n) is 4.86. The summed E-state index contributed by atoms with van der Waals surface area (Å²) >= 11 is 2.99. The number of hydrogen-bond donors (Lipinski definition) is 0. The molecule has 0 bridgehead atoms. The molecule has 30 heavy (non-hydrogen) atoms. The Morgan fingerprint density at radius 3 is 2.93 bits per heavy atom. The number of anilines is 1. The van der Waals surface area contributed by atoms with E-state index in [0.717, 1.165) is 26.0 Å². The van der Waals surface area contributed by atoms with Gasteiger partial charge in [-0.15, -0.1) is 11.3 Å². The lowest BCUT2D eigenvalue weighted by molar-refractivity contribution is 0.0983. The lowest BCUT2D eigenvalue weighted by Crippen LogP contribution is -2.30. The molecule has 0 aliphatic rings. The normalized spacial score (nSPS) is 11.3. The molecule has 0 aliphatic heterocycles. The van der Waals surface area contributed by atoms with E-state index >= 15 is 0 Å². The number of ether oxygens (including phenoxy) is 1. The van der Waals surface area contributed by atoms with Gasteiger partial charge in [0.25, 0.3) is 5.91 Å². The summed E-state index contributed by atoms with van der Waals surface area (Å²) in [5, 5.41) is 0.600. The molecule has 0 N–H and O–H groups in total. The number of thiazole rings is 2. The average Bonchev–Trinajstić information content (AvgIpc) is 3.51. The second kappa shape index (κ2) is 7.55. The van der Waals surface area contributed by atoms with Crippen molar-refractivity contribution in [3.63, 3.8) is 0 Å². The quantitative estimate of drug-likeness (QED) is 0.356. The van der Waals surface area contributed by atoms with Gasteiger partial charge in [-0.05, 0) is 48.9 Å². The predicted molar refractivity (Wildman–Crippen MR) is 120 cm³/mol.